The van der Waals surface area contributed by atoms with E-state index in [0.29, 0.717) is 38.6 Å². The van der Waals surface area contributed by atoms with Crippen LogP contribution in [0.1, 0.15) is 18.1 Å². The Hall–Kier alpha value is -3.11. The van der Waals surface area contributed by atoms with Crippen LogP contribution < -0.4 is 9.47 Å². The van der Waals surface area contributed by atoms with E-state index in [1.54, 1.807) is 30.3 Å². The van der Waals surface area contributed by atoms with E-state index in [4.69, 9.17) is 9.47 Å². The average Bonchev–Trinajstić information content (AvgIpc) is 3.01. The average molecular weight is 519 g/mol. The number of benzene rings is 2. The second-order valence-electron chi connectivity index (χ2n) is 6.56. The van der Waals surface area contributed by atoms with Gasteiger partial charge in [0.1, 0.15) is 6.61 Å². The molecule has 0 unspecified atom stereocenters. The smallest absolute Gasteiger partial charge is 0.293 e. The first-order chi connectivity index (χ1) is 15.3. The molecule has 10 heteroatoms. The lowest BCUT2D eigenvalue weighted by atomic mass is 10.1. The normalized spacial score (nSPS) is 14.7. The maximum atomic E-state index is 12.5. The number of nitro benzene ring substituents is 1. The third kappa shape index (κ3) is 5.38. The molecule has 0 aliphatic carbocycles. The summed E-state index contributed by atoms with van der Waals surface area (Å²) in [4.78, 5) is 36.4. The van der Waals surface area contributed by atoms with Crippen molar-refractivity contribution in [2.45, 2.75) is 13.5 Å². The maximum Gasteiger partial charge on any atom is 0.293 e. The molecular weight excluding hydrogens is 500 g/mol. The van der Waals surface area contributed by atoms with Crippen molar-refractivity contribution in [2.75, 3.05) is 13.2 Å². The number of non-ortho nitro benzene ring substituents is 1. The summed E-state index contributed by atoms with van der Waals surface area (Å²) >= 11 is 4.33. The quantitative estimate of drug-likeness (QED) is 0.185. The minimum Gasteiger partial charge on any atom is -0.490 e. The third-order valence-electron chi connectivity index (χ3n) is 4.32. The minimum absolute atomic E-state index is 0.0176. The molecule has 166 valence electrons. The number of nitro groups is 1. The number of imide groups is 1. The molecule has 32 heavy (non-hydrogen) atoms. The zero-order chi connectivity index (χ0) is 23.3. The van der Waals surface area contributed by atoms with Crippen LogP contribution in [-0.2, 0) is 11.4 Å². The number of hydrogen-bond donors (Lipinski definition) is 0. The Morgan fingerprint density at radius 1 is 1.25 bits per heavy atom. The van der Waals surface area contributed by atoms with Crippen LogP contribution in [0.25, 0.3) is 6.08 Å². The molecule has 1 aliphatic rings. The van der Waals surface area contributed by atoms with Crippen LogP contribution in [0.15, 0.2) is 58.4 Å². The summed E-state index contributed by atoms with van der Waals surface area (Å²) < 4.78 is 12.2. The van der Waals surface area contributed by atoms with Crippen LogP contribution in [0.5, 0.6) is 11.5 Å². The van der Waals surface area contributed by atoms with Crippen molar-refractivity contribution in [1.29, 1.82) is 0 Å². The molecule has 0 aromatic heterocycles. The first-order valence-electron chi connectivity index (χ1n) is 9.52. The van der Waals surface area contributed by atoms with Crippen molar-refractivity contribution >= 4 is 50.6 Å². The van der Waals surface area contributed by atoms with Gasteiger partial charge < -0.3 is 9.47 Å². The van der Waals surface area contributed by atoms with E-state index in [2.05, 4.69) is 22.5 Å². The van der Waals surface area contributed by atoms with E-state index in [1.165, 1.54) is 18.2 Å². The Labute approximate surface area is 197 Å². The topological polar surface area (TPSA) is 99.0 Å². The summed E-state index contributed by atoms with van der Waals surface area (Å²) in [5.74, 6) is 0.485. The second kappa shape index (κ2) is 10.5. The largest absolute Gasteiger partial charge is 0.490 e. The maximum absolute atomic E-state index is 12.5. The fourth-order valence-corrected chi connectivity index (χ4v) is 4.35. The second-order valence-corrected chi connectivity index (χ2v) is 8.41. The van der Waals surface area contributed by atoms with E-state index < -0.39 is 4.92 Å². The molecule has 3 rings (SSSR count). The molecule has 1 heterocycles. The van der Waals surface area contributed by atoms with Gasteiger partial charge in [0.2, 0.25) is 0 Å². The Morgan fingerprint density at radius 3 is 2.72 bits per heavy atom. The van der Waals surface area contributed by atoms with Crippen molar-refractivity contribution in [3.63, 3.8) is 0 Å². The molecule has 0 spiro atoms. The molecular formula is C22H19BrN2O6S. The molecule has 2 aromatic carbocycles. The van der Waals surface area contributed by atoms with Gasteiger partial charge in [-0.1, -0.05) is 18.2 Å². The van der Waals surface area contributed by atoms with E-state index in [0.717, 1.165) is 16.7 Å². The van der Waals surface area contributed by atoms with Gasteiger partial charge in [-0.3, -0.25) is 24.6 Å². The van der Waals surface area contributed by atoms with E-state index in [1.807, 2.05) is 6.92 Å². The zero-order valence-electron chi connectivity index (χ0n) is 17.1. The van der Waals surface area contributed by atoms with Crippen LogP contribution in [-0.4, -0.2) is 34.1 Å². The number of carbonyl (C=O) groups excluding carboxylic acids is 2. The molecule has 1 fully saturated rings. The number of thioether (sulfide) groups is 1. The van der Waals surface area contributed by atoms with Gasteiger partial charge in [-0.05, 0) is 64.0 Å². The summed E-state index contributed by atoms with van der Waals surface area (Å²) in [6.07, 6.45) is 3.11. The highest BCUT2D eigenvalue weighted by Gasteiger charge is 2.34. The van der Waals surface area contributed by atoms with Gasteiger partial charge in [0.15, 0.2) is 11.5 Å². The van der Waals surface area contributed by atoms with Gasteiger partial charge in [-0.25, -0.2) is 0 Å². The van der Waals surface area contributed by atoms with Crippen molar-refractivity contribution in [1.82, 2.24) is 4.90 Å². The van der Waals surface area contributed by atoms with Crippen LogP contribution in [0.2, 0.25) is 0 Å². The third-order valence-corrected chi connectivity index (χ3v) is 5.82. The van der Waals surface area contributed by atoms with E-state index >= 15 is 0 Å². The molecule has 0 radical (unpaired) electrons. The summed E-state index contributed by atoms with van der Waals surface area (Å²) in [6.45, 7) is 6.01. The van der Waals surface area contributed by atoms with Crippen LogP contribution >= 0.6 is 27.7 Å². The standard InChI is InChI=1S/C22H19BrN2O6S/c1-3-8-24-21(26)19(32-22(24)27)12-15-10-17(23)20(18(11-15)30-4-2)31-13-14-6-5-7-16(9-14)25(28)29/h3,5-7,9-12H,1,4,8,13H2,2H3/b19-12+. The Balaban J connectivity index is 1.86. The first-order valence-corrected chi connectivity index (χ1v) is 11.1. The summed E-state index contributed by atoms with van der Waals surface area (Å²) in [6, 6.07) is 9.64. The molecule has 1 aliphatic heterocycles. The zero-order valence-corrected chi connectivity index (χ0v) is 19.5. The van der Waals surface area contributed by atoms with E-state index in [-0.39, 0.29) is 30.0 Å². The highest BCUT2D eigenvalue weighted by molar-refractivity contribution is 9.10. The highest BCUT2D eigenvalue weighted by atomic mass is 79.9. The fourth-order valence-electron chi connectivity index (χ4n) is 2.93. The van der Waals surface area contributed by atoms with Crippen molar-refractivity contribution in [3.05, 3.63) is 79.7 Å². The fraction of sp³-hybridized carbons (Fsp3) is 0.182. The van der Waals surface area contributed by atoms with Gasteiger partial charge >= 0.3 is 0 Å². The Bertz CT molecular complexity index is 1120. The van der Waals surface area contributed by atoms with Crippen LogP contribution in [0, 0.1) is 10.1 Å². The Morgan fingerprint density at radius 2 is 2.03 bits per heavy atom. The monoisotopic (exact) mass is 518 g/mol. The Kier molecular flexibility index (Phi) is 7.70. The molecule has 8 nitrogen and oxygen atoms in total. The minimum atomic E-state index is -0.462. The number of nitrogens with zero attached hydrogens (tertiary/aromatic N) is 2. The molecule has 0 N–H and O–H groups in total. The molecule has 0 saturated carbocycles. The lowest BCUT2D eigenvalue weighted by Gasteiger charge is -2.15. The number of amides is 2. The first kappa shape index (κ1) is 23.6. The molecule has 0 bridgehead atoms. The molecule has 2 aromatic rings. The van der Waals surface area contributed by atoms with Crippen molar-refractivity contribution in [2.24, 2.45) is 0 Å². The summed E-state index contributed by atoms with van der Waals surface area (Å²) in [7, 11) is 0. The summed E-state index contributed by atoms with van der Waals surface area (Å²) in [5, 5.41) is 10.6. The predicted molar refractivity (Wildman–Crippen MR) is 126 cm³/mol. The predicted octanol–water partition coefficient (Wildman–Crippen LogP) is 5.56. The van der Waals surface area contributed by atoms with Gasteiger partial charge in [-0.15, -0.1) is 6.58 Å². The van der Waals surface area contributed by atoms with Gasteiger partial charge in [-0.2, -0.15) is 0 Å². The summed E-state index contributed by atoms with van der Waals surface area (Å²) in [5.41, 5.74) is 1.26. The van der Waals surface area contributed by atoms with Gasteiger partial charge in [0, 0.05) is 18.7 Å². The molecule has 0 atom stereocenters. The number of ether oxygens (including phenoxy) is 2. The number of carbonyl (C=O) groups is 2. The number of halogens is 1. The molecule has 2 amide bonds. The SMILES string of the molecule is C=CCN1C(=O)S/C(=C/c2cc(Br)c(OCc3cccc([N+](=O)[O-])c3)c(OCC)c2)C1=O. The van der Waals surface area contributed by atoms with Crippen LogP contribution in [0.4, 0.5) is 10.5 Å². The number of hydrogen-bond acceptors (Lipinski definition) is 7. The number of rotatable bonds is 9. The lowest BCUT2D eigenvalue weighted by Crippen LogP contribution is -2.27. The molecule has 1 saturated heterocycles. The lowest BCUT2D eigenvalue weighted by molar-refractivity contribution is -0.384. The van der Waals surface area contributed by atoms with Crippen molar-refractivity contribution < 1.29 is 24.0 Å². The van der Waals surface area contributed by atoms with Crippen molar-refractivity contribution in [3.8, 4) is 11.5 Å². The van der Waals surface area contributed by atoms with E-state index in [9.17, 15) is 19.7 Å². The van der Waals surface area contributed by atoms with Gasteiger partial charge in [0.25, 0.3) is 16.8 Å². The highest BCUT2D eigenvalue weighted by Crippen LogP contribution is 2.39. The van der Waals surface area contributed by atoms with Crippen LogP contribution in [0.3, 0.4) is 0 Å². The van der Waals surface area contributed by atoms with Gasteiger partial charge in [0.05, 0.1) is 20.9 Å².